The van der Waals surface area contributed by atoms with Crippen LogP contribution in [0.25, 0.3) is 0 Å². The van der Waals surface area contributed by atoms with Gasteiger partial charge < -0.3 is 19.6 Å². The van der Waals surface area contributed by atoms with Crippen LogP contribution in [-0.2, 0) is 15.9 Å². The number of nitrogens with one attached hydrogen (secondary N) is 2. The molecule has 1 fully saturated rings. The molecular formula is C13H21BN2O3. The zero-order valence-corrected chi connectivity index (χ0v) is 12.2. The Balaban J connectivity index is 2.42. The lowest BCUT2D eigenvalue weighted by atomic mass is 9.77. The first kappa shape index (κ1) is 14.3. The fourth-order valence-electron chi connectivity index (χ4n) is 2.10. The molecule has 5 nitrogen and oxygen atoms in total. The molecule has 0 spiro atoms. The van der Waals surface area contributed by atoms with Gasteiger partial charge in [-0.05, 0) is 46.4 Å². The summed E-state index contributed by atoms with van der Waals surface area (Å²) >= 11 is 0. The Morgan fingerprint density at radius 2 is 1.84 bits per heavy atom. The second kappa shape index (κ2) is 4.78. The average Bonchev–Trinajstić information content (AvgIpc) is 2.48. The third-order valence-electron chi connectivity index (χ3n) is 3.95. The standard InChI is InChI=1S/C13H21BN2O3/c1-12(2)13(3,4)19-14(18-12)10-9(8-15-5)6-7-16-11(10)17/h6-7,15H,8H2,1-5H3,(H,16,17). The number of H-pyrrole nitrogens is 1. The summed E-state index contributed by atoms with van der Waals surface area (Å²) in [5.41, 5.74) is 0.389. The van der Waals surface area contributed by atoms with Gasteiger partial charge in [0.05, 0.1) is 16.7 Å². The summed E-state index contributed by atoms with van der Waals surface area (Å²) in [6, 6.07) is 1.87. The van der Waals surface area contributed by atoms with Crippen molar-refractivity contribution in [3.8, 4) is 0 Å². The molecule has 0 unspecified atom stereocenters. The predicted octanol–water partition coefficient (Wildman–Crippen LogP) is 0.394. The maximum Gasteiger partial charge on any atom is 0.500 e. The Hall–Kier alpha value is -1.11. The zero-order valence-electron chi connectivity index (χ0n) is 12.2. The molecule has 0 aromatic carbocycles. The first-order valence-corrected chi connectivity index (χ1v) is 6.49. The lowest BCUT2D eigenvalue weighted by Gasteiger charge is -2.32. The summed E-state index contributed by atoms with van der Waals surface area (Å²) in [4.78, 5) is 14.8. The third-order valence-corrected chi connectivity index (χ3v) is 3.95. The van der Waals surface area contributed by atoms with Gasteiger partial charge in [-0.2, -0.15) is 0 Å². The van der Waals surface area contributed by atoms with E-state index in [4.69, 9.17) is 9.31 Å². The fraction of sp³-hybridized carbons (Fsp3) is 0.615. The van der Waals surface area contributed by atoms with Gasteiger partial charge in [-0.25, -0.2) is 0 Å². The van der Waals surface area contributed by atoms with Gasteiger partial charge in [0.15, 0.2) is 0 Å². The molecule has 1 aliphatic heterocycles. The molecule has 1 aliphatic rings. The van der Waals surface area contributed by atoms with E-state index >= 15 is 0 Å². The smallest absolute Gasteiger partial charge is 0.399 e. The van der Waals surface area contributed by atoms with Gasteiger partial charge in [0.2, 0.25) is 5.56 Å². The van der Waals surface area contributed by atoms with Crippen LogP contribution in [0.1, 0.15) is 33.3 Å². The van der Waals surface area contributed by atoms with E-state index in [1.54, 1.807) is 6.20 Å². The van der Waals surface area contributed by atoms with Crippen LogP contribution >= 0.6 is 0 Å². The summed E-state index contributed by atoms with van der Waals surface area (Å²) in [6.45, 7) is 8.50. The van der Waals surface area contributed by atoms with Crippen molar-refractivity contribution in [2.45, 2.75) is 45.4 Å². The number of hydrogen-bond acceptors (Lipinski definition) is 4. The Morgan fingerprint density at radius 3 is 2.37 bits per heavy atom. The van der Waals surface area contributed by atoms with Crippen molar-refractivity contribution in [1.29, 1.82) is 0 Å². The lowest BCUT2D eigenvalue weighted by molar-refractivity contribution is 0.00578. The van der Waals surface area contributed by atoms with Crippen LogP contribution in [0.4, 0.5) is 0 Å². The molecule has 0 saturated carbocycles. The summed E-state index contributed by atoms with van der Waals surface area (Å²) in [5, 5.41) is 3.05. The Bertz CT molecular complexity index is 509. The van der Waals surface area contributed by atoms with Crippen molar-refractivity contribution in [1.82, 2.24) is 10.3 Å². The van der Waals surface area contributed by atoms with Crippen LogP contribution in [0.3, 0.4) is 0 Å². The molecule has 104 valence electrons. The molecule has 2 rings (SSSR count). The summed E-state index contributed by atoms with van der Waals surface area (Å²) < 4.78 is 11.9. The van der Waals surface area contributed by atoms with E-state index in [1.165, 1.54) is 0 Å². The minimum absolute atomic E-state index is 0.161. The molecule has 0 amide bonds. The topological polar surface area (TPSA) is 63.4 Å². The normalized spacial score (nSPS) is 20.8. The van der Waals surface area contributed by atoms with Crippen LogP contribution in [0.15, 0.2) is 17.1 Å². The molecule has 0 radical (unpaired) electrons. The van der Waals surface area contributed by atoms with E-state index in [-0.39, 0.29) is 5.56 Å². The monoisotopic (exact) mass is 264 g/mol. The molecular weight excluding hydrogens is 243 g/mol. The molecule has 0 atom stereocenters. The van der Waals surface area contributed by atoms with Gasteiger partial charge in [0.1, 0.15) is 0 Å². The van der Waals surface area contributed by atoms with Crippen molar-refractivity contribution in [3.05, 3.63) is 28.2 Å². The van der Waals surface area contributed by atoms with Gasteiger partial charge in [0, 0.05) is 12.7 Å². The second-order valence-corrected chi connectivity index (χ2v) is 5.86. The lowest BCUT2D eigenvalue weighted by Crippen LogP contribution is -2.47. The molecule has 0 bridgehead atoms. The molecule has 0 aliphatic carbocycles. The van der Waals surface area contributed by atoms with Crippen molar-refractivity contribution in [3.63, 3.8) is 0 Å². The Kier molecular flexibility index (Phi) is 3.60. The average molecular weight is 264 g/mol. The molecule has 1 aromatic heterocycles. The summed E-state index contributed by atoms with van der Waals surface area (Å²) in [6.07, 6.45) is 1.64. The van der Waals surface area contributed by atoms with Crippen LogP contribution in [0, 0.1) is 0 Å². The summed E-state index contributed by atoms with van der Waals surface area (Å²) in [7, 11) is 1.22. The predicted molar refractivity (Wildman–Crippen MR) is 75.5 cm³/mol. The highest BCUT2D eigenvalue weighted by atomic mass is 16.7. The van der Waals surface area contributed by atoms with E-state index < -0.39 is 18.3 Å². The van der Waals surface area contributed by atoms with Crippen molar-refractivity contribution < 1.29 is 9.31 Å². The minimum atomic E-state index is -0.627. The van der Waals surface area contributed by atoms with Crippen molar-refractivity contribution in [2.75, 3.05) is 7.05 Å². The molecule has 2 N–H and O–H groups in total. The summed E-state index contributed by atoms with van der Waals surface area (Å²) in [5.74, 6) is 0. The van der Waals surface area contributed by atoms with Gasteiger partial charge in [-0.1, -0.05) is 0 Å². The molecule has 1 aromatic rings. The van der Waals surface area contributed by atoms with Gasteiger partial charge in [0.25, 0.3) is 0 Å². The quantitative estimate of drug-likeness (QED) is 0.775. The van der Waals surface area contributed by atoms with Crippen molar-refractivity contribution in [2.24, 2.45) is 0 Å². The first-order valence-electron chi connectivity index (χ1n) is 6.49. The maximum atomic E-state index is 12.1. The van der Waals surface area contributed by atoms with Crippen LogP contribution in [0.2, 0.25) is 0 Å². The number of pyridine rings is 1. The van der Waals surface area contributed by atoms with E-state index in [2.05, 4.69) is 10.3 Å². The largest absolute Gasteiger partial charge is 0.500 e. The number of rotatable bonds is 3. The van der Waals surface area contributed by atoms with Gasteiger partial charge >= 0.3 is 7.12 Å². The number of aromatic nitrogens is 1. The van der Waals surface area contributed by atoms with Crippen LogP contribution < -0.4 is 16.3 Å². The van der Waals surface area contributed by atoms with E-state index in [9.17, 15) is 4.79 Å². The van der Waals surface area contributed by atoms with Crippen molar-refractivity contribution >= 4 is 12.6 Å². The highest BCUT2D eigenvalue weighted by Crippen LogP contribution is 2.36. The fourth-order valence-corrected chi connectivity index (χ4v) is 2.10. The Morgan fingerprint density at radius 1 is 1.26 bits per heavy atom. The van der Waals surface area contributed by atoms with E-state index in [0.29, 0.717) is 12.0 Å². The first-order chi connectivity index (χ1) is 8.78. The van der Waals surface area contributed by atoms with Crippen LogP contribution in [-0.4, -0.2) is 30.4 Å². The van der Waals surface area contributed by atoms with Crippen LogP contribution in [0.5, 0.6) is 0 Å². The number of aromatic amines is 1. The van der Waals surface area contributed by atoms with E-state index in [0.717, 1.165) is 5.56 Å². The Labute approximate surface area is 113 Å². The second-order valence-electron chi connectivity index (χ2n) is 5.86. The zero-order chi connectivity index (χ0) is 14.3. The van der Waals surface area contributed by atoms with Gasteiger partial charge in [-0.15, -0.1) is 0 Å². The molecule has 2 heterocycles. The maximum absolute atomic E-state index is 12.1. The van der Waals surface area contributed by atoms with Gasteiger partial charge in [-0.3, -0.25) is 4.79 Å². The molecule has 19 heavy (non-hydrogen) atoms. The highest BCUT2D eigenvalue weighted by Gasteiger charge is 2.52. The molecule has 1 saturated heterocycles. The molecule has 6 heteroatoms. The minimum Gasteiger partial charge on any atom is -0.399 e. The SMILES string of the molecule is CNCc1cc[nH]c(=O)c1B1OC(C)(C)C(C)(C)O1. The highest BCUT2D eigenvalue weighted by molar-refractivity contribution is 6.62. The third kappa shape index (κ3) is 2.48. The number of hydrogen-bond donors (Lipinski definition) is 2. The van der Waals surface area contributed by atoms with E-state index in [1.807, 2.05) is 40.8 Å².